The summed E-state index contributed by atoms with van der Waals surface area (Å²) in [5.74, 6) is 0.627. The second-order valence-corrected chi connectivity index (χ2v) is 4.81. The number of aliphatic hydroxyl groups excluding tert-OH is 1. The smallest absolute Gasteiger partial charge is 0.311 e. The van der Waals surface area contributed by atoms with Crippen LogP contribution in [0.3, 0.4) is 0 Å². The van der Waals surface area contributed by atoms with Crippen LogP contribution >= 0.6 is 0 Å². The maximum atomic E-state index is 11.2. The van der Waals surface area contributed by atoms with Crippen molar-refractivity contribution in [2.75, 3.05) is 25.2 Å². The van der Waals surface area contributed by atoms with Crippen molar-refractivity contribution in [3.8, 4) is 5.88 Å². The van der Waals surface area contributed by atoms with E-state index in [-0.39, 0.29) is 24.2 Å². The van der Waals surface area contributed by atoms with Gasteiger partial charge in [-0.3, -0.25) is 10.1 Å². The van der Waals surface area contributed by atoms with Crippen molar-refractivity contribution in [1.29, 1.82) is 0 Å². The van der Waals surface area contributed by atoms with Gasteiger partial charge in [-0.2, -0.15) is 4.98 Å². The third-order valence-electron chi connectivity index (χ3n) is 3.61. The lowest BCUT2D eigenvalue weighted by molar-refractivity contribution is -0.384. The van der Waals surface area contributed by atoms with Crippen LogP contribution in [0, 0.1) is 10.1 Å². The third-order valence-corrected chi connectivity index (χ3v) is 3.61. The highest BCUT2D eigenvalue weighted by molar-refractivity contribution is 5.59. The van der Waals surface area contributed by atoms with Gasteiger partial charge in [0.1, 0.15) is 0 Å². The molecule has 1 saturated carbocycles. The molecule has 110 valence electrons. The first-order valence-electron chi connectivity index (χ1n) is 6.74. The molecule has 0 unspecified atom stereocenters. The molecule has 0 amide bonds. The maximum Gasteiger partial charge on any atom is 0.311 e. The Bertz CT molecular complexity index is 475. The van der Waals surface area contributed by atoms with Gasteiger partial charge < -0.3 is 14.7 Å². The molecule has 7 nitrogen and oxygen atoms in total. The molecule has 0 radical (unpaired) electrons. The minimum atomic E-state index is -0.443. The molecule has 7 heteroatoms. The first kappa shape index (κ1) is 14.5. The average molecular weight is 281 g/mol. The van der Waals surface area contributed by atoms with Crippen molar-refractivity contribution < 1.29 is 14.8 Å². The largest absolute Gasteiger partial charge is 0.481 e. The topological polar surface area (TPSA) is 88.7 Å². The number of nitro groups is 1. The molecule has 1 aromatic heterocycles. The second-order valence-electron chi connectivity index (χ2n) is 4.81. The molecule has 0 spiro atoms. The molecule has 0 atom stereocenters. The summed E-state index contributed by atoms with van der Waals surface area (Å²) in [5.41, 5.74) is -0.0499. The average Bonchev–Trinajstić information content (AvgIpc) is 2.97. The van der Waals surface area contributed by atoms with Crippen LogP contribution in [-0.2, 0) is 0 Å². The molecule has 1 fully saturated rings. The highest BCUT2D eigenvalue weighted by Crippen LogP contribution is 2.33. The van der Waals surface area contributed by atoms with E-state index in [1.165, 1.54) is 19.2 Å². The number of rotatable bonds is 6. The zero-order chi connectivity index (χ0) is 14.5. The lowest BCUT2D eigenvalue weighted by Crippen LogP contribution is -2.36. The Hall–Kier alpha value is -1.89. The zero-order valence-corrected chi connectivity index (χ0v) is 11.5. The molecular weight excluding hydrogens is 262 g/mol. The summed E-state index contributed by atoms with van der Waals surface area (Å²) < 4.78 is 5.06. The molecule has 0 saturated heterocycles. The quantitative estimate of drug-likeness (QED) is 0.631. The number of pyridine rings is 1. The molecular formula is C13H19N3O4. The van der Waals surface area contributed by atoms with Gasteiger partial charge in [0.2, 0.25) is 11.7 Å². The van der Waals surface area contributed by atoms with Crippen LogP contribution in [-0.4, -0.2) is 41.3 Å². The number of hydrogen-bond donors (Lipinski definition) is 1. The molecule has 1 aliphatic carbocycles. The summed E-state index contributed by atoms with van der Waals surface area (Å²) in [4.78, 5) is 16.8. The lowest BCUT2D eigenvalue weighted by atomic mass is 10.2. The van der Waals surface area contributed by atoms with Crippen molar-refractivity contribution in [2.24, 2.45) is 0 Å². The van der Waals surface area contributed by atoms with Crippen LogP contribution < -0.4 is 9.64 Å². The number of nitrogens with zero attached hydrogens (tertiary/aromatic N) is 3. The van der Waals surface area contributed by atoms with E-state index in [9.17, 15) is 15.2 Å². The second kappa shape index (κ2) is 6.51. The van der Waals surface area contributed by atoms with Crippen LogP contribution in [0.4, 0.5) is 11.5 Å². The van der Waals surface area contributed by atoms with Crippen molar-refractivity contribution in [1.82, 2.24) is 4.98 Å². The standard InChI is InChI=1S/C13H19N3O4/c1-20-12-7-6-11(16(18)19)13(14-12)15(8-9-17)10-4-2-3-5-10/h6-7,10,17H,2-5,8-9H2,1H3. The van der Waals surface area contributed by atoms with Crippen LogP contribution in [0.1, 0.15) is 25.7 Å². The van der Waals surface area contributed by atoms with Gasteiger partial charge in [-0.15, -0.1) is 0 Å². The summed E-state index contributed by atoms with van der Waals surface area (Å²) in [6, 6.07) is 3.08. The molecule has 20 heavy (non-hydrogen) atoms. The fourth-order valence-corrected chi connectivity index (χ4v) is 2.68. The van der Waals surface area contributed by atoms with Gasteiger partial charge in [0, 0.05) is 24.7 Å². The van der Waals surface area contributed by atoms with Crippen molar-refractivity contribution in [3.05, 3.63) is 22.2 Å². The van der Waals surface area contributed by atoms with Crippen molar-refractivity contribution >= 4 is 11.5 Å². The summed E-state index contributed by atoms with van der Waals surface area (Å²) >= 11 is 0. The summed E-state index contributed by atoms with van der Waals surface area (Å²) in [6.45, 7) is 0.276. The predicted octanol–water partition coefficient (Wildman–Crippen LogP) is 1.74. The van der Waals surface area contributed by atoms with Crippen molar-refractivity contribution in [3.63, 3.8) is 0 Å². The third kappa shape index (κ3) is 2.98. The maximum absolute atomic E-state index is 11.2. The van der Waals surface area contributed by atoms with E-state index in [1.807, 2.05) is 4.90 Å². The first-order valence-corrected chi connectivity index (χ1v) is 6.74. The van der Waals surface area contributed by atoms with E-state index in [1.54, 1.807) is 0 Å². The summed E-state index contributed by atoms with van der Waals surface area (Å²) in [7, 11) is 1.48. The Morgan fingerprint density at radius 2 is 2.20 bits per heavy atom. The van der Waals surface area contributed by atoms with Gasteiger partial charge in [0.05, 0.1) is 18.6 Å². The highest BCUT2D eigenvalue weighted by Gasteiger charge is 2.29. The Balaban J connectivity index is 2.41. The molecule has 0 bridgehead atoms. The van der Waals surface area contributed by atoms with Gasteiger partial charge in [-0.05, 0) is 12.8 Å². The van der Waals surface area contributed by atoms with E-state index >= 15 is 0 Å². The van der Waals surface area contributed by atoms with E-state index in [4.69, 9.17) is 4.74 Å². The van der Waals surface area contributed by atoms with Crippen LogP contribution in [0.5, 0.6) is 5.88 Å². The van der Waals surface area contributed by atoms with Gasteiger partial charge in [-0.25, -0.2) is 0 Å². The van der Waals surface area contributed by atoms with E-state index < -0.39 is 4.92 Å². The Kier molecular flexibility index (Phi) is 4.73. The number of methoxy groups -OCH3 is 1. The number of aliphatic hydroxyl groups is 1. The Morgan fingerprint density at radius 1 is 1.50 bits per heavy atom. The molecule has 1 heterocycles. The van der Waals surface area contributed by atoms with E-state index in [0.29, 0.717) is 12.4 Å². The summed E-state index contributed by atoms with van der Waals surface area (Å²) in [5, 5.41) is 20.4. The van der Waals surface area contributed by atoms with E-state index in [0.717, 1.165) is 25.7 Å². The molecule has 0 aliphatic heterocycles. The highest BCUT2D eigenvalue weighted by atomic mass is 16.6. The van der Waals surface area contributed by atoms with Crippen LogP contribution in [0.2, 0.25) is 0 Å². The van der Waals surface area contributed by atoms with Gasteiger partial charge in [0.25, 0.3) is 0 Å². The van der Waals surface area contributed by atoms with Crippen molar-refractivity contribution in [2.45, 2.75) is 31.7 Å². The van der Waals surface area contributed by atoms with Gasteiger partial charge >= 0.3 is 5.69 Å². The monoisotopic (exact) mass is 281 g/mol. The Labute approximate surface area is 117 Å². The lowest BCUT2D eigenvalue weighted by Gasteiger charge is -2.29. The minimum absolute atomic E-state index is 0.0499. The predicted molar refractivity (Wildman–Crippen MR) is 74.1 cm³/mol. The fourth-order valence-electron chi connectivity index (χ4n) is 2.68. The van der Waals surface area contributed by atoms with Crippen LogP contribution in [0.25, 0.3) is 0 Å². The Morgan fingerprint density at radius 3 is 2.75 bits per heavy atom. The molecule has 0 aromatic carbocycles. The normalized spacial score (nSPS) is 15.3. The molecule has 1 aliphatic rings. The summed E-state index contributed by atoms with van der Waals surface area (Å²) in [6.07, 6.45) is 4.14. The number of anilines is 1. The molecule has 1 aromatic rings. The fraction of sp³-hybridized carbons (Fsp3) is 0.615. The zero-order valence-electron chi connectivity index (χ0n) is 11.5. The van der Waals surface area contributed by atoms with Crippen LogP contribution in [0.15, 0.2) is 12.1 Å². The first-order chi connectivity index (χ1) is 9.67. The SMILES string of the molecule is COc1ccc([N+](=O)[O-])c(N(CCO)C2CCCC2)n1. The number of aromatic nitrogens is 1. The van der Waals surface area contributed by atoms with Gasteiger partial charge in [-0.1, -0.05) is 12.8 Å². The number of hydrogen-bond acceptors (Lipinski definition) is 6. The van der Waals surface area contributed by atoms with E-state index in [2.05, 4.69) is 4.98 Å². The molecule has 2 rings (SSSR count). The number of ether oxygens (including phenoxy) is 1. The molecule has 1 N–H and O–H groups in total. The minimum Gasteiger partial charge on any atom is -0.481 e. The van der Waals surface area contributed by atoms with Gasteiger partial charge in [0.15, 0.2) is 0 Å².